The average Bonchev–Trinajstić information content (AvgIpc) is 2.38. The first-order valence-corrected chi connectivity index (χ1v) is 5.42. The molecule has 17 heavy (non-hydrogen) atoms. The molecular formula is C13H14N2O2. The van der Waals surface area contributed by atoms with E-state index in [0.29, 0.717) is 11.4 Å². The van der Waals surface area contributed by atoms with Gasteiger partial charge in [0.25, 0.3) is 0 Å². The summed E-state index contributed by atoms with van der Waals surface area (Å²) in [7, 11) is 0. The fourth-order valence-corrected chi connectivity index (χ4v) is 1.69. The van der Waals surface area contributed by atoms with Crippen molar-refractivity contribution in [3.63, 3.8) is 0 Å². The zero-order chi connectivity index (χ0) is 12.3. The number of fused-ring (bicyclic) bond motifs is 1. The molecule has 0 aliphatic carbocycles. The summed E-state index contributed by atoms with van der Waals surface area (Å²) in [5.41, 5.74) is 1.92. The van der Waals surface area contributed by atoms with Gasteiger partial charge in [0.15, 0.2) is 0 Å². The fourth-order valence-electron chi connectivity index (χ4n) is 1.69. The number of hydrogen-bond donors (Lipinski definition) is 2. The van der Waals surface area contributed by atoms with Crippen LogP contribution in [0.4, 0.5) is 0 Å². The molecule has 0 amide bonds. The highest BCUT2D eigenvalue weighted by Gasteiger charge is 2.11. The maximum absolute atomic E-state index is 9.93. The van der Waals surface area contributed by atoms with Gasteiger partial charge in [0.1, 0.15) is 6.10 Å². The molecule has 4 heteroatoms. The summed E-state index contributed by atoms with van der Waals surface area (Å²) in [5.74, 6) is 0. The Morgan fingerprint density at radius 3 is 2.82 bits per heavy atom. The standard InChI is InChI=1S/C13H14N2O2/c1-9(15-17)8-13(16)12-7-6-10-4-2-3-5-11(10)14-12/h2-7,13,16-17H,8H2,1H3/b15-9-/t13-/m1/s1. The van der Waals surface area contributed by atoms with Gasteiger partial charge in [-0.3, -0.25) is 4.98 Å². The van der Waals surface area contributed by atoms with Crippen molar-refractivity contribution in [2.24, 2.45) is 5.16 Å². The van der Waals surface area contributed by atoms with Crippen LogP contribution < -0.4 is 0 Å². The molecule has 0 aliphatic rings. The van der Waals surface area contributed by atoms with Gasteiger partial charge < -0.3 is 10.3 Å². The zero-order valence-corrected chi connectivity index (χ0v) is 9.54. The summed E-state index contributed by atoms with van der Waals surface area (Å²) in [6, 6.07) is 11.4. The van der Waals surface area contributed by atoms with Crippen molar-refractivity contribution in [2.45, 2.75) is 19.4 Å². The van der Waals surface area contributed by atoms with Crippen LogP contribution in [-0.4, -0.2) is 21.0 Å². The fraction of sp³-hybridized carbons (Fsp3) is 0.231. The Balaban J connectivity index is 2.30. The summed E-state index contributed by atoms with van der Waals surface area (Å²) in [5, 5.41) is 22.6. The molecule has 0 spiro atoms. The van der Waals surface area contributed by atoms with Gasteiger partial charge in [0, 0.05) is 11.8 Å². The van der Waals surface area contributed by atoms with E-state index in [1.54, 1.807) is 13.0 Å². The van der Waals surface area contributed by atoms with Gasteiger partial charge in [0.05, 0.1) is 16.9 Å². The second kappa shape index (κ2) is 4.93. The zero-order valence-electron chi connectivity index (χ0n) is 9.54. The first-order valence-electron chi connectivity index (χ1n) is 5.42. The van der Waals surface area contributed by atoms with Crippen molar-refractivity contribution in [2.75, 3.05) is 0 Å². The molecule has 0 saturated heterocycles. The van der Waals surface area contributed by atoms with Crippen molar-refractivity contribution < 1.29 is 10.3 Å². The van der Waals surface area contributed by atoms with Crippen LogP contribution >= 0.6 is 0 Å². The Labute approximate surface area is 99.2 Å². The maximum Gasteiger partial charge on any atom is 0.101 e. The number of hydrogen-bond acceptors (Lipinski definition) is 4. The first kappa shape index (κ1) is 11.5. The van der Waals surface area contributed by atoms with Crippen LogP contribution in [0.3, 0.4) is 0 Å². The van der Waals surface area contributed by atoms with Gasteiger partial charge in [-0.25, -0.2) is 0 Å². The monoisotopic (exact) mass is 230 g/mol. The predicted octanol–water partition coefficient (Wildman–Crippen LogP) is 2.51. The Morgan fingerprint density at radius 2 is 2.06 bits per heavy atom. The highest BCUT2D eigenvalue weighted by molar-refractivity contribution is 5.82. The van der Waals surface area contributed by atoms with Crippen LogP contribution in [0.15, 0.2) is 41.6 Å². The number of aliphatic hydroxyl groups excluding tert-OH is 1. The quantitative estimate of drug-likeness (QED) is 0.483. The third kappa shape index (κ3) is 2.60. The van der Waals surface area contributed by atoms with E-state index in [1.165, 1.54) is 0 Å². The van der Waals surface area contributed by atoms with Crippen LogP contribution in [0.1, 0.15) is 25.1 Å². The van der Waals surface area contributed by atoms with Gasteiger partial charge >= 0.3 is 0 Å². The maximum atomic E-state index is 9.93. The molecule has 1 aromatic heterocycles. The minimum absolute atomic E-state index is 0.280. The van der Waals surface area contributed by atoms with Crippen LogP contribution in [0, 0.1) is 0 Å². The lowest BCUT2D eigenvalue weighted by molar-refractivity contribution is 0.180. The predicted molar refractivity (Wildman–Crippen MR) is 66.2 cm³/mol. The number of oxime groups is 1. The molecule has 88 valence electrons. The SMILES string of the molecule is C/C(C[C@@H](O)c1ccc2ccccc2n1)=N/O. The molecule has 2 rings (SSSR count). The number of rotatable bonds is 3. The third-order valence-corrected chi connectivity index (χ3v) is 2.62. The summed E-state index contributed by atoms with van der Waals surface area (Å²) in [4.78, 5) is 4.38. The van der Waals surface area contributed by atoms with E-state index in [0.717, 1.165) is 10.9 Å². The van der Waals surface area contributed by atoms with E-state index in [2.05, 4.69) is 10.1 Å². The molecule has 2 N–H and O–H groups in total. The number of nitrogens with zero attached hydrogens (tertiary/aromatic N) is 2. The lowest BCUT2D eigenvalue weighted by Gasteiger charge is -2.09. The minimum Gasteiger partial charge on any atom is -0.411 e. The largest absolute Gasteiger partial charge is 0.411 e. The number of benzene rings is 1. The average molecular weight is 230 g/mol. The van der Waals surface area contributed by atoms with Crippen molar-refractivity contribution in [3.05, 3.63) is 42.1 Å². The molecule has 1 atom stereocenters. The van der Waals surface area contributed by atoms with Gasteiger partial charge in [-0.05, 0) is 19.1 Å². The lowest BCUT2D eigenvalue weighted by Crippen LogP contribution is -2.05. The number of aliphatic hydroxyl groups is 1. The van der Waals surface area contributed by atoms with Crippen LogP contribution in [-0.2, 0) is 0 Å². The molecular weight excluding hydrogens is 216 g/mol. The van der Waals surface area contributed by atoms with Crippen LogP contribution in [0.25, 0.3) is 10.9 Å². The van der Waals surface area contributed by atoms with Crippen molar-refractivity contribution >= 4 is 16.6 Å². The number of aromatic nitrogens is 1. The highest BCUT2D eigenvalue weighted by atomic mass is 16.4. The normalized spacial score (nSPS) is 13.9. The van der Waals surface area contributed by atoms with Crippen LogP contribution in [0.5, 0.6) is 0 Å². The molecule has 0 unspecified atom stereocenters. The molecule has 0 radical (unpaired) electrons. The molecule has 2 aromatic rings. The van der Waals surface area contributed by atoms with Gasteiger partial charge in [-0.1, -0.05) is 29.4 Å². The van der Waals surface area contributed by atoms with Gasteiger partial charge in [0.2, 0.25) is 0 Å². The van der Waals surface area contributed by atoms with E-state index in [4.69, 9.17) is 5.21 Å². The summed E-state index contributed by atoms with van der Waals surface area (Å²) in [6.45, 7) is 1.66. The molecule has 0 saturated carbocycles. The molecule has 4 nitrogen and oxygen atoms in total. The van der Waals surface area contributed by atoms with Crippen molar-refractivity contribution in [1.29, 1.82) is 0 Å². The van der Waals surface area contributed by atoms with E-state index >= 15 is 0 Å². The molecule has 1 heterocycles. The Morgan fingerprint density at radius 1 is 1.29 bits per heavy atom. The van der Waals surface area contributed by atoms with E-state index < -0.39 is 6.10 Å². The lowest BCUT2D eigenvalue weighted by atomic mass is 10.1. The second-order valence-electron chi connectivity index (χ2n) is 3.98. The molecule has 1 aromatic carbocycles. The molecule has 0 bridgehead atoms. The van der Waals surface area contributed by atoms with Crippen molar-refractivity contribution in [3.8, 4) is 0 Å². The Hall–Kier alpha value is -1.94. The smallest absolute Gasteiger partial charge is 0.101 e. The molecule has 0 aliphatic heterocycles. The van der Waals surface area contributed by atoms with Gasteiger partial charge in [-0.15, -0.1) is 0 Å². The van der Waals surface area contributed by atoms with E-state index in [-0.39, 0.29) is 6.42 Å². The Kier molecular flexibility index (Phi) is 3.35. The minimum atomic E-state index is -0.740. The second-order valence-corrected chi connectivity index (χ2v) is 3.98. The summed E-state index contributed by atoms with van der Waals surface area (Å²) >= 11 is 0. The summed E-state index contributed by atoms with van der Waals surface area (Å²) < 4.78 is 0. The van der Waals surface area contributed by atoms with E-state index in [1.807, 2.05) is 30.3 Å². The number of para-hydroxylation sites is 1. The van der Waals surface area contributed by atoms with Crippen LogP contribution in [0.2, 0.25) is 0 Å². The van der Waals surface area contributed by atoms with E-state index in [9.17, 15) is 5.11 Å². The third-order valence-electron chi connectivity index (χ3n) is 2.62. The summed E-state index contributed by atoms with van der Waals surface area (Å²) in [6.07, 6.45) is -0.461. The first-order chi connectivity index (χ1) is 8.20. The Bertz CT molecular complexity index is 552. The van der Waals surface area contributed by atoms with Gasteiger partial charge in [-0.2, -0.15) is 0 Å². The highest BCUT2D eigenvalue weighted by Crippen LogP contribution is 2.19. The molecule has 0 fully saturated rings. The number of pyridine rings is 1. The van der Waals surface area contributed by atoms with Crippen molar-refractivity contribution in [1.82, 2.24) is 4.98 Å². The topological polar surface area (TPSA) is 65.7 Å².